The lowest BCUT2D eigenvalue weighted by molar-refractivity contribution is -0.140. The van der Waals surface area contributed by atoms with Crippen LogP contribution in [-0.4, -0.2) is 53.5 Å². The first kappa shape index (κ1) is 19.6. The van der Waals surface area contributed by atoms with Crippen molar-refractivity contribution in [3.05, 3.63) is 71.3 Å². The molecule has 0 radical (unpaired) electrons. The highest BCUT2D eigenvalue weighted by Crippen LogP contribution is 2.39. The van der Waals surface area contributed by atoms with Gasteiger partial charge in [0.15, 0.2) is 0 Å². The van der Waals surface area contributed by atoms with Crippen LogP contribution in [0.15, 0.2) is 60.2 Å². The van der Waals surface area contributed by atoms with Gasteiger partial charge in [-0.1, -0.05) is 42.5 Å². The Labute approximate surface area is 164 Å². The van der Waals surface area contributed by atoms with Gasteiger partial charge in [-0.15, -0.1) is 0 Å². The van der Waals surface area contributed by atoms with Crippen LogP contribution in [0, 0.1) is 0 Å². The van der Waals surface area contributed by atoms with E-state index in [0.717, 1.165) is 5.69 Å². The van der Waals surface area contributed by atoms with Crippen LogP contribution in [0.4, 0.5) is 5.69 Å². The number of likely N-dealkylation sites (tertiary alicyclic amines) is 1. The molecule has 2 atom stereocenters. The highest BCUT2D eigenvalue weighted by Gasteiger charge is 2.46. The first-order chi connectivity index (χ1) is 13.3. The van der Waals surface area contributed by atoms with Gasteiger partial charge in [0.2, 0.25) is 0 Å². The molecule has 2 N–H and O–H groups in total. The van der Waals surface area contributed by atoms with Gasteiger partial charge in [-0.3, -0.25) is 9.59 Å². The van der Waals surface area contributed by atoms with E-state index in [1.807, 2.05) is 43.3 Å². The number of hydrogen-bond donors (Lipinski definition) is 2. The Morgan fingerprint density at radius 2 is 1.68 bits per heavy atom. The summed E-state index contributed by atoms with van der Waals surface area (Å²) >= 11 is 0. The van der Waals surface area contributed by atoms with Gasteiger partial charge in [0.1, 0.15) is 5.76 Å². The Balaban J connectivity index is 2.15. The molecule has 1 aliphatic rings. The molecule has 1 saturated heterocycles. The highest BCUT2D eigenvalue weighted by molar-refractivity contribution is 6.46. The second-order valence-electron chi connectivity index (χ2n) is 7.15. The molecule has 0 bridgehead atoms. The van der Waals surface area contributed by atoms with Crippen molar-refractivity contribution in [1.82, 2.24) is 4.90 Å². The molecule has 0 saturated carbocycles. The molecule has 2 aromatic carbocycles. The predicted octanol–water partition coefficient (Wildman–Crippen LogP) is 2.56. The topological polar surface area (TPSA) is 81.1 Å². The number of amides is 1. The molecule has 1 heterocycles. The van der Waals surface area contributed by atoms with Gasteiger partial charge in [-0.2, -0.15) is 0 Å². The van der Waals surface area contributed by atoms with Crippen LogP contribution in [0.3, 0.4) is 0 Å². The summed E-state index contributed by atoms with van der Waals surface area (Å²) in [5.41, 5.74) is 2.17. The number of hydrogen-bond acceptors (Lipinski definition) is 5. The maximum Gasteiger partial charge on any atom is 0.295 e. The lowest BCUT2D eigenvalue weighted by Gasteiger charge is -2.26. The quantitative estimate of drug-likeness (QED) is 0.473. The number of β-amino-alcohol motifs (C(OH)–C–C–N with tert-alkyl or cyclic N) is 1. The van der Waals surface area contributed by atoms with Gasteiger partial charge in [-0.25, -0.2) is 0 Å². The van der Waals surface area contributed by atoms with E-state index in [1.54, 1.807) is 37.3 Å². The molecule has 28 heavy (non-hydrogen) atoms. The van der Waals surface area contributed by atoms with Crippen molar-refractivity contribution in [2.45, 2.75) is 19.1 Å². The first-order valence-electron chi connectivity index (χ1n) is 9.10. The molecule has 6 heteroatoms. The largest absolute Gasteiger partial charge is 0.507 e. The summed E-state index contributed by atoms with van der Waals surface area (Å²) in [4.78, 5) is 28.7. The number of ketones is 1. The van der Waals surface area contributed by atoms with Gasteiger partial charge >= 0.3 is 0 Å². The van der Waals surface area contributed by atoms with Gasteiger partial charge in [0.25, 0.3) is 11.7 Å². The van der Waals surface area contributed by atoms with Gasteiger partial charge in [0.05, 0.1) is 17.7 Å². The van der Waals surface area contributed by atoms with Crippen LogP contribution in [0.2, 0.25) is 0 Å². The van der Waals surface area contributed by atoms with Crippen LogP contribution in [0.5, 0.6) is 0 Å². The van der Waals surface area contributed by atoms with Crippen molar-refractivity contribution in [3.8, 4) is 0 Å². The average Bonchev–Trinajstić information content (AvgIpc) is 2.92. The summed E-state index contributed by atoms with van der Waals surface area (Å²) in [6.45, 7) is 1.55. The molecule has 1 amide bonds. The Bertz CT molecular complexity index is 902. The fourth-order valence-electron chi connectivity index (χ4n) is 3.41. The summed E-state index contributed by atoms with van der Waals surface area (Å²) in [5.74, 6) is -1.68. The molecule has 0 aliphatic carbocycles. The summed E-state index contributed by atoms with van der Waals surface area (Å²) in [6, 6.07) is 15.4. The molecule has 146 valence electrons. The predicted molar refractivity (Wildman–Crippen MR) is 108 cm³/mol. The zero-order chi connectivity index (χ0) is 20.4. The van der Waals surface area contributed by atoms with Crippen molar-refractivity contribution in [2.75, 3.05) is 25.5 Å². The van der Waals surface area contributed by atoms with E-state index in [0.29, 0.717) is 11.1 Å². The van der Waals surface area contributed by atoms with Gasteiger partial charge < -0.3 is 20.0 Å². The minimum Gasteiger partial charge on any atom is -0.507 e. The molecule has 2 aromatic rings. The van der Waals surface area contributed by atoms with Crippen LogP contribution in [0.1, 0.15) is 24.1 Å². The third-order valence-corrected chi connectivity index (χ3v) is 4.77. The zero-order valence-electron chi connectivity index (χ0n) is 16.2. The monoisotopic (exact) mass is 380 g/mol. The number of aliphatic hydroxyl groups excluding tert-OH is 2. The maximum absolute atomic E-state index is 12.8. The standard InChI is InChI=1S/C22H24N2O4/c1-14(25)13-24-19(15-9-11-17(12-10-15)23(2)3)18(21(27)22(24)28)20(26)16-7-5-4-6-8-16/h4-12,14,19,25-26H,13H2,1-3H3. The molecule has 0 aromatic heterocycles. The van der Waals surface area contributed by atoms with Gasteiger partial charge in [0, 0.05) is 31.9 Å². The first-order valence-corrected chi connectivity index (χ1v) is 9.10. The van der Waals surface area contributed by atoms with Crippen molar-refractivity contribution >= 4 is 23.1 Å². The molecule has 6 nitrogen and oxygen atoms in total. The SMILES string of the molecule is CC(O)CN1C(=O)C(=O)C(=C(O)c2ccccc2)C1c1ccc(N(C)C)cc1. The molecule has 1 fully saturated rings. The number of nitrogens with zero attached hydrogens (tertiary/aromatic N) is 2. The number of carbonyl (C=O) groups is 2. The minimum atomic E-state index is -0.807. The van der Waals surface area contributed by atoms with E-state index in [2.05, 4.69) is 0 Å². The number of aliphatic hydroxyl groups is 2. The van der Waals surface area contributed by atoms with E-state index in [-0.39, 0.29) is 17.9 Å². The number of benzene rings is 2. The second-order valence-corrected chi connectivity index (χ2v) is 7.15. The summed E-state index contributed by atoms with van der Waals surface area (Å²) in [6.07, 6.45) is -0.807. The number of anilines is 1. The highest BCUT2D eigenvalue weighted by atomic mass is 16.3. The Hall–Kier alpha value is -3.12. The Morgan fingerprint density at radius 1 is 1.07 bits per heavy atom. The van der Waals surface area contributed by atoms with Crippen LogP contribution >= 0.6 is 0 Å². The Kier molecular flexibility index (Phi) is 5.51. The molecule has 0 spiro atoms. The third-order valence-electron chi connectivity index (χ3n) is 4.77. The van der Waals surface area contributed by atoms with Crippen LogP contribution in [0.25, 0.3) is 5.76 Å². The number of rotatable bonds is 5. The second kappa shape index (κ2) is 7.86. The Morgan fingerprint density at radius 3 is 2.21 bits per heavy atom. The van der Waals surface area contributed by atoms with Crippen LogP contribution in [-0.2, 0) is 9.59 Å². The van der Waals surface area contributed by atoms with Crippen molar-refractivity contribution in [1.29, 1.82) is 0 Å². The molecular weight excluding hydrogens is 356 g/mol. The van der Waals surface area contributed by atoms with Crippen molar-refractivity contribution in [3.63, 3.8) is 0 Å². The van der Waals surface area contributed by atoms with E-state index in [9.17, 15) is 19.8 Å². The fourth-order valence-corrected chi connectivity index (χ4v) is 3.41. The molecule has 2 unspecified atom stereocenters. The minimum absolute atomic E-state index is 0.00373. The summed E-state index contributed by atoms with van der Waals surface area (Å²) < 4.78 is 0. The van der Waals surface area contributed by atoms with Gasteiger partial charge in [-0.05, 0) is 24.6 Å². The summed E-state index contributed by atoms with van der Waals surface area (Å²) in [7, 11) is 3.84. The van der Waals surface area contributed by atoms with E-state index in [1.165, 1.54) is 4.90 Å². The lowest BCUT2D eigenvalue weighted by Crippen LogP contribution is -2.35. The van der Waals surface area contributed by atoms with E-state index in [4.69, 9.17) is 0 Å². The zero-order valence-corrected chi connectivity index (χ0v) is 16.2. The lowest BCUT2D eigenvalue weighted by atomic mass is 9.95. The molecule has 3 rings (SSSR count). The number of carbonyl (C=O) groups excluding carboxylic acids is 2. The maximum atomic E-state index is 12.8. The van der Waals surface area contributed by atoms with Crippen LogP contribution < -0.4 is 4.90 Å². The molecular formula is C22H24N2O4. The summed E-state index contributed by atoms with van der Waals surface area (Å²) in [5, 5.41) is 20.7. The average molecular weight is 380 g/mol. The number of Topliss-reactive ketones (excluding diaryl/α,β-unsaturated/α-hetero) is 1. The van der Waals surface area contributed by atoms with Crippen molar-refractivity contribution in [2.24, 2.45) is 0 Å². The smallest absolute Gasteiger partial charge is 0.295 e. The molecule has 1 aliphatic heterocycles. The van der Waals surface area contributed by atoms with E-state index < -0.39 is 23.8 Å². The van der Waals surface area contributed by atoms with E-state index >= 15 is 0 Å². The van der Waals surface area contributed by atoms with Crippen molar-refractivity contribution < 1.29 is 19.8 Å². The normalized spacial score (nSPS) is 19.7. The third kappa shape index (κ3) is 3.64. The fraction of sp³-hybridized carbons (Fsp3) is 0.273.